The van der Waals surface area contributed by atoms with Gasteiger partial charge in [0.25, 0.3) is 0 Å². The van der Waals surface area contributed by atoms with Crippen LogP contribution in [0.15, 0.2) is 42.6 Å². The summed E-state index contributed by atoms with van der Waals surface area (Å²) >= 11 is 0. The number of aryl methyl sites for hydroxylation is 1. The van der Waals surface area contributed by atoms with Gasteiger partial charge in [-0.25, -0.2) is 4.39 Å². The molecule has 0 saturated heterocycles. The SMILES string of the molecule is CCCCCCCOc1ccc(-c2ccc(CCC(F)CCC)cn2)cc1. The number of unbranched alkanes of at least 4 members (excludes halogenated alkanes) is 4. The fourth-order valence-electron chi connectivity index (χ4n) is 3.14. The topological polar surface area (TPSA) is 22.1 Å². The predicted molar refractivity (Wildman–Crippen MR) is 112 cm³/mol. The first kappa shape index (κ1) is 21.4. The molecule has 0 aliphatic rings. The van der Waals surface area contributed by atoms with Crippen LogP contribution in [0.4, 0.5) is 4.39 Å². The monoisotopic (exact) mass is 371 g/mol. The second-order valence-electron chi connectivity index (χ2n) is 7.26. The van der Waals surface area contributed by atoms with Gasteiger partial charge in [0.2, 0.25) is 0 Å². The van der Waals surface area contributed by atoms with Gasteiger partial charge in [-0.3, -0.25) is 4.98 Å². The molecule has 1 aromatic carbocycles. The summed E-state index contributed by atoms with van der Waals surface area (Å²) in [6.45, 7) is 5.03. The van der Waals surface area contributed by atoms with Gasteiger partial charge in [0.05, 0.1) is 12.3 Å². The lowest BCUT2D eigenvalue weighted by Gasteiger charge is -2.08. The van der Waals surface area contributed by atoms with E-state index in [9.17, 15) is 4.39 Å². The molecule has 1 aromatic heterocycles. The van der Waals surface area contributed by atoms with Crippen LogP contribution in [0.3, 0.4) is 0 Å². The van der Waals surface area contributed by atoms with Gasteiger partial charge in [0, 0.05) is 11.8 Å². The van der Waals surface area contributed by atoms with E-state index in [4.69, 9.17) is 4.74 Å². The Labute approximate surface area is 164 Å². The highest BCUT2D eigenvalue weighted by Crippen LogP contribution is 2.22. The zero-order valence-electron chi connectivity index (χ0n) is 16.9. The number of rotatable bonds is 13. The smallest absolute Gasteiger partial charge is 0.119 e. The van der Waals surface area contributed by atoms with Crippen LogP contribution in [0, 0.1) is 0 Å². The van der Waals surface area contributed by atoms with Crippen molar-refractivity contribution in [3.63, 3.8) is 0 Å². The molecule has 1 unspecified atom stereocenters. The summed E-state index contributed by atoms with van der Waals surface area (Å²) in [6.07, 6.45) is 10.3. The summed E-state index contributed by atoms with van der Waals surface area (Å²) in [5, 5.41) is 0. The van der Waals surface area contributed by atoms with Crippen molar-refractivity contribution in [1.82, 2.24) is 4.98 Å². The lowest BCUT2D eigenvalue weighted by molar-refractivity contribution is 0.294. The van der Waals surface area contributed by atoms with Crippen molar-refractivity contribution >= 4 is 0 Å². The molecule has 1 atom stereocenters. The van der Waals surface area contributed by atoms with Crippen LogP contribution in [-0.4, -0.2) is 17.8 Å². The Hall–Kier alpha value is -1.90. The zero-order chi connectivity index (χ0) is 19.3. The number of hydrogen-bond acceptors (Lipinski definition) is 2. The summed E-state index contributed by atoms with van der Waals surface area (Å²) in [5.74, 6) is 0.913. The normalized spacial score (nSPS) is 12.1. The highest BCUT2D eigenvalue weighted by Gasteiger charge is 2.06. The van der Waals surface area contributed by atoms with Crippen LogP contribution < -0.4 is 4.74 Å². The van der Waals surface area contributed by atoms with E-state index in [1.165, 1.54) is 25.7 Å². The maximum atomic E-state index is 13.6. The number of pyridine rings is 1. The fourth-order valence-corrected chi connectivity index (χ4v) is 3.14. The molecule has 0 aliphatic carbocycles. The number of alkyl halides is 1. The molecule has 3 heteroatoms. The molecule has 2 nitrogen and oxygen atoms in total. The van der Waals surface area contributed by atoms with E-state index in [0.29, 0.717) is 12.8 Å². The summed E-state index contributed by atoms with van der Waals surface area (Å²) in [4.78, 5) is 4.54. The van der Waals surface area contributed by atoms with E-state index in [0.717, 1.165) is 48.4 Å². The third kappa shape index (κ3) is 8.11. The minimum absolute atomic E-state index is 0.583. The quantitative estimate of drug-likeness (QED) is 0.348. The molecule has 148 valence electrons. The van der Waals surface area contributed by atoms with Crippen LogP contribution in [0.25, 0.3) is 11.3 Å². The highest BCUT2D eigenvalue weighted by molar-refractivity contribution is 5.60. The number of ether oxygens (including phenoxy) is 1. The van der Waals surface area contributed by atoms with Crippen LogP contribution >= 0.6 is 0 Å². The van der Waals surface area contributed by atoms with Crippen LogP contribution in [-0.2, 0) is 6.42 Å². The Morgan fingerprint density at radius 1 is 0.889 bits per heavy atom. The van der Waals surface area contributed by atoms with E-state index in [-0.39, 0.29) is 0 Å². The molecule has 0 spiro atoms. The number of benzene rings is 1. The predicted octanol–water partition coefficient (Wildman–Crippen LogP) is 7.17. The highest BCUT2D eigenvalue weighted by atomic mass is 19.1. The summed E-state index contributed by atoms with van der Waals surface area (Å²) in [6, 6.07) is 12.2. The van der Waals surface area contributed by atoms with E-state index in [1.807, 2.05) is 43.5 Å². The number of hydrogen-bond donors (Lipinski definition) is 0. The van der Waals surface area contributed by atoms with Gasteiger partial charge in [-0.2, -0.15) is 0 Å². The van der Waals surface area contributed by atoms with Crippen LogP contribution in [0.1, 0.15) is 70.8 Å². The van der Waals surface area contributed by atoms with Crippen LogP contribution in [0.5, 0.6) is 5.75 Å². The van der Waals surface area contributed by atoms with E-state index in [2.05, 4.69) is 18.0 Å². The first-order chi connectivity index (χ1) is 13.2. The average molecular weight is 372 g/mol. The molecule has 0 radical (unpaired) electrons. The standard InChI is InChI=1S/C24H34FNO/c1-3-5-6-7-8-18-27-23-15-12-21(13-16-23)24-17-11-20(19-26-24)10-14-22(25)9-4-2/h11-13,15-17,19,22H,3-10,14,18H2,1-2H3. The maximum Gasteiger partial charge on any atom is 0.119 e. The van der Waals surface area contributed by atoms with Gasteiger partial charge in [-0.05, 0) is 61.6 Å². The average Bonchev–Trinajstić information content (AvgIpc) is 2.70. The van der Waals surface area contributed by atoms with Crippen molar-refractivity contribution in [3.05, 3.63) is 48.2 Å². The van der Waals surface area contributed by atoms with Gasteiger partial charge < -0.3 is 4.74 Å². The van der Waals surface area contributed by atoms with Crippen LogP contribution in [0.2, 0.25) is 0 Å². The van der Waals surface area contributed by atoms with Crippen molar-refractivity contribution in [2.75, 3.05) is 6.61 Å². The molecule has 1 heterocycles. The van der Waals surface area contributed by atoms with E-state index < -0.39 is 6.17 Å². The largest absolute Gasteiger partial charge is 0.494 e. The first-order valence-electron chi connectivity index (χ1n) is 10.5. The molecular formula is C24H34FNO. The molecule has 0 amide bonds. The molecular weight excluding hydrogens is 337 g/mol. The lowest BCUT2D eigenvalue weighted by atomic mass is 10.1. The third-order valence-corrected chi connectivity index (χ3v) is 4.84. The molecule has 2 aromatic rings. The molecule has 0 bridgehead atoms. The second-order valence-corrected chi connectivity index (χ2v) is 7.26. The van der Waals surface area contributed by atoms with Gasteiger partial charge in [-0.1, -0.05) is 52.0 Å². The summed E-state index contributed by atoms with van der Waals surface area (Å²) in [7, 11) is 0. The minimum Gasteiger partial charge on any atom is -0.494 e. The number of halogens is 1. The number of nitrogens with zero attached hydrogens (tertiary/aromatic N) is 1. The van der Waals surface area contributed by atoms with Crippen molar-refractivity contribution in [2.24, 2.45) is 0 Å². The Morgan fingerprint density at radius 2 is 1.67 bits per heavy atom. The molecule has 2 rings (SSSR count). The van der Waals surface area contributed by atoms with Gasteiger partial charge in [0.15, 0.2) is 0 Å². The lowest BCUT2D eigenvalue weighted by Crippen LogP contribution is -2.01. The van der Waals surface area contributed by atoms with Gasteiger partial charge in [-0.15, -0.1) is 0 Å². The third-order valence-electron chi connectivity index (χ3n) is 4.84. The number of aromatic nitrogens is 1. The maximum absolute atomic E-state index is 13.6. The minimum atomic E-state index is -0.700. The van der Waals surface area contributed by atoms with Crippen molar-refractivity contribution in [2.45, 2.75) is 77.8 Å². The van der Waals surface area contributed by atoms with Gasteiger partial charge >= 0.3 is 0 Å². The van der Waals surface area contributed by atoms with E-state index >= 15 is 0 Å². The van der Waals surface area contributed by atoms with Crippen molar-refractivity contribution in [3.8, 4) is 17.0 Å². The molecule has 0 N–H and O–H groups in total. The Bertz CT molecular complexity index is 624. The van der Waals surface area contributed by atoms with Crippen molar-refractivity contribution in [1.29, 1.82) is 0 Å². The van der Waals surface area contributed by atoms with Crippen molar-refractivity contribution < 1.29 is 9.13 Å². The zero-order valence-corrected chi connectivity index (χ0v) is 16.9. The molecule has 27 heavy (non-hydrogen) atoms. The van der Waals surface area contributed by atoms with Gasteiger partial charge in [0.1, 0.15) is 11.9 Å². The molecule has 0 fully saturated rings. The summed E-state index contributed by atoms with van der Waals surface area (Å²) in [5.41, 5.74) is 3.11. The fraction of sp³-hybridized carbons (Fsp3) is 0.542. The summed E-state index contributed by atoms with van der Waals surface area (Å²) < 4.78 is 19.4. The van der Waals surface area contributed by atoms with E-state index in [1.54, 1.807) is 0 Å². The molecule has 0 aliphatic heterocycles. The Kier molecular flexibility index (Phi) is 9.89. The Morgan fingerprint density at radius 3 is 2.33 bits per heavy atom. The Balaban J connectivity index is 1.78. The first-order valence-corrected chi connectivity index (χ1v) is 10.5. The second kappa shape index (κ2) is 12.5. The molecule has 0 saturated carbocycles.